The van der Waals surface area contributed by atoms with E-state index in [1.165, 1.54) is 11.5 Å². The molecule has 150 valence electrons. The molecule has 0 atom stereocenters. The molecule has 1 aliphatic carbocycles. The van der Waals surface area contributed by atoms with Crippen molar-refractivity contribution in [3.8, 4) is 0 Å². The molecule has 0 saturated carbocycles. The Kier molecular flexibility index (Phi) is 7.58. The van der Waals surface area contributed by atoms with Gasteiger partial charge in [-0.1, -0.05) is 61.3 Å². The molecular weight excluding hydrogens is 368 g/mol. The van der Waals surface area contributed by atoms with Gasteiger partial charge in [0.15, 0.2) is 0 Å². The van der Waals surface area contributed by atoms with E-state index in [1.807, 2.05) is 38.2 Å². The van der Waals surface area contributed by atoms with E-state index < -0.39 is 0 Å². The van der Waals surface area contributed by atoms with Gasteiger partial charge in [0.25, 0.3) is 5.56 Å². The van der Waals surface area contributed by atoms with E-state index in [9.17, 15) is 9.59 Å². The molecule has 0 radical (unpaired) electrons. The summed E-state index contributed by atoms with van der Waals surface area (Å²) in [4.78, 5) is 24.3. The molecule has 5 heteroatoms. The number of amides is 1. The van der Waals surface area contributed by atoms with Gasteiger partial charge in [0.05, 0.1) is 0 Å². The number of nitrogens with one attached hydrogen (secondary N) is 2. The molecule has 0 unspecified atom stereocenters. The van der Waals surface area contributed by atoms with E-state index in [1.54, 1.807) is 13.1 Å². The predicted octanol–water partition coefficient (Wildman–Crippen LogP) is 5.15. The predicted molar refractivity (Wildman–Crippen MR) is 119 cm³/mol. The molecule has 0 spiro atoms. The molecule has 1 aromatic heterocycles. The van der Waals surface area contributed by atoms with E-state index in [0.717, 1.165) is 46.4 Å². The number of H-pyrrole nitrogens is 1. The van der Waals surface area contributed by atoms with Crippen LogP contribution in [0.3, 0.4) is 0 Å². The van der Waals surface area contributed by atoms with Crippen molar-refractivity contribution in [2.24, 2.45) is 5.41 Å². The number of likely N-dealkylation sites (N-methyl/N-ethyl adjacent to an activating group) is 1. The number of rotatable bonds is 6. The third-order valence-corrected chi connectivity index (χ3v) is 5.70. The fourth-order valence-corrected chi connectivity index (χ4v) is 4.05. The standard InChI is InChI=1S/C23H30N2O2S/c1-16(8-6-9-17(2)14-18-15-21(26)25-28-18)11-12-20-19(22(27)24-5)10-7-13-23(20,3)4/h6,8-9,11-12,14-15H,7,10,13H2,1-5H3,(H,24,27)(H,25,26)/b9-6+,12-11+,16-8+,17-14+. The van der Waals surface area contributed by atoms with Crippen LogP contribution in [0, 0.1) is 5.41 Å². The van der Waals surface area contributed by atoms with Gasteiger partial charge in [-0.15, -0.1) is 0 Å². The lowest BCUT2D eigenvalue weighted by molar-refractivity contribution is -0.117. The summed E-state index contributed by atoms with van der Waals surface area (Å²) in [6.45, 7) is 8.47. The van der Waals surface area contributed by atoms with Gasteiger partial charge in [-0.3, -0.25) is 14.0 Å². The summed E-state index contributed by atoms with van der Waals surface area (Å²) in [5, 5.41) is 2.77. The quantitative estimate of drug-likeness (QED) is 0.651. The molecule has 0 aliphatic heterocycles. The normalized spacial score (nSPS) is 18.3. The Labute approximate surface area is 171 Å². The number of aromatic nitrogens is 1. The first-order valence-corrected chi connectivity index (χ1v) is 10.4. The van der Waals surface area contributed by atoms with Crippen LogP contribution in [0.2, 0.25) is 0 Å². The Hall–Kier alpha value is -2.40. The fourth-order valence-electron chi connectivity index (χ4n) is 3.36. The lowest BCUT2D eigenvalue weighted by Crippen LogP contribution is -2.28. The van der Waals surface area contributed by atoms with Gasteiger partial charge in [0, 0.05) is 23.6 Å². The largest absolute Gasteiger partial charge is 0.355 e. The van der Waals surface area contributed by atoms with Crippen LogP contribution in [0.15, 0.2) is 63.5 Å². The molecule has 0 fully saturated rings. The van der Waals surface area contributed by atoms with Gasteiger partial charge in [-0.05, 0) is 55.7 Å². The van der Waals surface area contributed by atoms with E-state index >= 15 is 0 Å². The van der Waals surface area contributed by atoms with Crippen molar-refractivity contribution < 1.29 is 4.79 Å². The van der Waals surface area contributed by atoms with Crippen molar-refractivity contribution in [1.82, 2.24) is 9.69 Å². The van der Waals surface area contributed by atoms with E-state index in [2.05, 4.69) is 35.7 Å². The van der Waals surface area contributed by atoms with Gasteiger partial charge in [-0.2, -0.15) is 0 Å². The second-order valence-electron chi connectivity index (χ2n) is 7.82. The molecule has 4 nitrogen and oxygen atoms in total. The summed E-state index contributed by atoms with van der Waals surface area (Å²) in [6, 6.07) is 1.59. The SMILES string of the molecule is CNC(=O)C1=C(/C=C/C(C)=C/C=C/C(C)=C/c2cc(=O)[nH]s2)C(C)(C)CCC1. The van der Waals surface area contributed by atoms with Crippen molar-refractivity contribution in [2.45, 2.75) is 47.0 Å². The Bertz CT molecular complexity index is 920. The monoisotopic (exact) mass is 398 g/mol. The van der Waals surface area contributed by atoms with Crippen LogP contribution in [-0.4, -0.2) is 17.3 Å². The highest BCUT2D eigenvalue weighted by molar-refractivity contribution is 7.06. The van der Waals surface area contributed by atoms with E-state index in [0.29, 0.717) is 0 Å². The maximum absolute atomic E-state index is 12.3. The Balaban J connectivity index is 2.15. The van der Waals surface area contributed by atoms with Gasteiger partial charge in [0.1, 0.15) is 0 Å². The minimum absolute atomic E-state index is 0.00415. The minimum Gasteiger partial charge on any atom is -0.355 e. The van der Waals surface area contributed by atoms with Crippen LogP contribution in [-0.2, 0) is 4.79 Å². The maximum atomic E-state index is 12.3. The zero-order chi connectivity index (χ0) is 20.7. The zero-order valence-electron chi connectivity index (χ0n) is 17.4. The third-order valence-electron chi connectivity index (χ3n) is 4.93. The molecule has 1 heterocycles. The zero-order valence-corrected chi connectivity index (χ0v) is 18.2. The van der Waals surface area contributed by atoms with Crippen LogP contribution < -0.4 is 10.9 Å². The number of carbonyl (C=O) groups excluding carboxylic acids is 1. The fraction of sp³-hybridized carbons (Fsp3) is 0.391. The smallest absolute Gasteiger partial charge is 0.258 e. The average molecular weight is 399 g/mol. The highest BCUT2D eigenvalue weighted by Crippen LogP contribution is 2.41. The summed E-state index contributed by atoms with van der Waals surface area (Å²) >= 11 is 1.33. The first-order chi connectivity index (χ1) is 13.2. The van der Waals surface area contributed by atoms with Crippen molar-refractivity contribution in [2.75, 3.05) is 7.05 Å². The van der Waals surface area contributed by atoms with Crippen molar-refractivity contribution in [1.29, 1.82) is 0 Å². The topological polar surface area (TPSA) is 62.0 Å². The molecule has 28 heavy (non-hydrogen) atoms. The van der Waals surface area contributed by atoms with Crippen LogP contribution in [0.1, 0.15) is 51.8 Å². The van der Waals surface area contributed by atoms with Crippen molar-refractivity contribution >= 4 is 23.5 Å². The molecule has 0 aromatic carbocycles. The van der Waals surface area contributed by atoms with E-state index in [4.69, 9.17) is 0 Å². The number of hydrogen-bond acceptors (Lipinski definition) is 3. The first-order valence-electron chi connectivity index (χ1n) is 9.58. The lowest BCUT2D eigenvalue weighted by atomic mass is 9.72. The van der Waals surface area contributed by atoms with Gasteiger partial charge in [-0.25, -0.2) is 0 Å². The Morgan fingerprint density at radius 1 is 1.25 bits per heavy atom. The van der Waals surface area contributed by atoms with Gasteiger partial charge >= 0.3 is 0 Å². The van der Waals surface area contributed by atoms with Crippen molar-refractivity contribution in [3.05, 3.63) is 74.0 Å². The number of hydrogen-bond donors (Lipinski definition) is 2. The summed E-state index contributed by atoms with van der Waals surface area (Å²) in [5.74, 6) is 0.0294. The molecule has 0 bridgehead atoms. The summed E-state index contributed by atoms with van der Waals surface area (Å²) in [5.41, 5.74) is 4.16. The second-order valence-corrected chi connectivity index (χ2v) is 8.70. The average Bonchev–Trinajstić information content (AvgIpc) is 3.03. The number of allylic oxidation sites excluding steroid dienone is 8. The molecule has 2 N–H and O–H groups in total. The van der Waals surface area contributed by atoms with Crippen LogP contribution in [0.25, 0.3) is 6.08 Å². The molecular formula is C23H30N2O2S. The third kappa shape index (κ3) is 6.06. The molecule has 2 rings (SSSR count). The highest BCUT2D eigenvalue weighted by Gasteiger charge is 2.30. The van der Waals surface area contributed by atoms with E-state index in [-0.39, 0.29) is 16.9 Å². The van der Waals surface area contributed by atoms with Crippen LogP contribution >= 0.6 is 11.5 Å². The maximum Gasteiger partial charge on any atom is 0.258 e. The van der Waals surface area contributed by atoms with Crippen LogP contribution in [0.5, 0.6) is 0 Å². The lowest BCUT2D eigenvalue weighted by Gasteiger charge is -2.33. The van der Waals surface area contributed by atoms with Crippen molar-refractivity contribution in [3.63, 3.8) is 0 Å². The number of aromatic amines is 1. The first kappa shape index (κ1) is 21.9. The van der Waals surface area contributed by atoms with Gasteiger partial charge in [0.2, 0.25) is 5.91 Å². The second kappa shape index (κ2) is 9.69. The van der Waals surface area contributed by atoms with Gasteiger partial charge < -0.3 is 5.32 Å². The number of carbonyl (C=O) groups is 1. The Morgan fingerprint density at radius 2 is 2.00 bits per heavy atom. The summed E-state index contributed by atoms with van der Waals surface area (Å²) in [6.07, 6.45) is 15.2. The molecule has 0 saturated heterocycles. The molecule has 1 aromatic rings. The van der Waals surface area contributed by atoms with Crippen LogP contribution in [0.4, 0.5) is 0 Å². The molecule has 1 amide bonds. The Morgan fingerprint density at radius 3 is 2.64 bits per heavy atom. The summed E-state index contributed by atoms with van der Waals surface area (Å²) in [7, 11) is 1.69. The minimum atomic E-state index is -0.0648. The summed E-state index contributed by atoms with van der Waals surface area (Å²) < 4.78 is 2.68. The molecule has 1 aliphatic rings. The highest BCUT2D eigenvalue weighted by atomic mass is 32.1.